The summed E-state index contributed by atoms with van der Waals surface area (Å²) in [5.41, 5.74) is 0.671. The first-order chi connectivity index (χ1) is 13.5. The molecule has 1 atom stereocenters. The molecule has 144 valence electrons. The van der Waals surface area contributed by atoms with E-state index in [0.717, 1.165) is 36.6 Å². The second kappa shape index (κ2) is 7.67. The summed E-state index contributed by atoms with van der Waals surface area (Å²) < 4.78 is 29.1. The molecule has 2 aromatic heterocycles. The maximum absolute atomic E-state index is 13.8. The number of aromatic nitrogens is 4. The zero-order chi connectivity index (χ0) is 19.7. The summed E-state index contributed by atoms with van der Waals surface area (Å²) in [7, 11) is 0. The number of carbonyl (C=O) groups is 1. The molecule has 9 heteroatoms. The van der Waals surface area contributed by atoms with Gasteiger partial charge in [-0.05, 0) is 44.0 Å². The number of amides is 1. The average molecular weight is 401 g/mol. The van der Waals surface area contributed by atoms with Gasteiger partial charge in [-0.25, -0.2) is 8.78 Å². The molecular formula is C19H17F2N5OS. The van der Waals surface area contributed by atoms with Gasteiger partial charge in [-0.3, -0.25) is 14.3 Å². The van der Waals surface area contributed by atoms with Gasteiger partial charge in [0.2, 0.25) is 5.91 Å². The lowest BCUT2D eigenvalue weighted by atomic mass is 10.3. The SMILES string of the molecule is C[C@H](Sc1nnc(-c2cccnc2)n1C1CC1)C(=O)Nc1cc(F)ccc1F. The fourth-order valence-electron chi connectivity index (χ4n) is 2.75. The van der Waals surface area contributed by atoms with Crippen LogP contribution in [0.15, 0.2) is 47.9 Å². The minimum atomic E-state index is -0.688. The first-order valence-corrected chi connectivity index (χ1v) is 9.69. The molecule has 1 saturated carbocycles. The Morgan fingerprint density at radius 3 is 2.82 bits per heavy atom. The molecule has 4 rings (SSSR count). The Morgan fingerprint density at radius 1 is 1.29 bits per heavy atom. The third-order valence-corrected chi connectivity index (χ3v) is 5.39. The van der Waals surface area contributed by atoms with Crippen LogP contribution in [0.3, 0.4) is 0 Å². The highest BCUT2D eigenvalue weighted by atomic mass is 32.2. The molecule has 0 unspecified atom stereocenters. The number of hydrogen-bond acceptors (Lipinski definition) is 5. The molecule has 1 N–H and O–H groups in total. The van der Waals surface area contributed by atoms with Crippen molar-refractivity contribution in [3.05, 3.63) is 54.4 Å². The number of hydrogen-bond donors (Lipinski definition) is 1. The highest BCUT2D eigenvalue weighted by Crippen LogP contribution is 2.41. The molecule has 0 spiro atoms. The van der Waals surface area contributed by atoms with Gasteiger partial charge in [0.15, 0.2) is 11.0 Å². The van der Waals surface area contributed by atoms with Gasteiger partial charge in [-0.15, -0.1) is 10.2 Å². The molecule has 1 aromatic carbocycles. The van der Waals surface area contributed by atoms with Crippen LogP contribution in [-0.4, -0.2) is 30.9 Å². The van der Waals surface area contributed by atoms with E-state index in [4.69, 9.17) is 0 Å². The Balaban J connectivity index is 1.53. The van der Waals surface area contributed by atoms with Crippen molar-refractivity contribution in [2.24, 2.45) is 0 Å². The van der Waals surface area contributed by atoms with Gasteiger partial charge in [0.25, 0.3) is 0 Å². The number of benzene rings is 1. The monoisotopic (exact) mass is 401 g/mol. The van der Waals surface area contributed by atoms with Crippen molar-refractivity contribution in [2.75, 3.05) is 5.32 Å². The van der Waals surface area contributed by atoms with E-state index in [1.54, 1.807) is 19.3 Å². The summed E-state index contributed by atoms with van der Waals surface area (Å²) >= 11 is 1.23. The number of carbonyl (C=O) groups excluding carboxylic acids is 1. The quantitative estimate of drug-likeness (QED) is 0.631. The van der Waals surface area contributed by atoms with Crippen LogP contribution in [-0.2, 0) is 4.79 Å². The Kier molecular flexibility index (Phi) is 5.08. The van der Waals surface area contributed by atoms with E-state index >= 15 is 0 Å². The summed E-state index contributed by atoms with van der Waals surface area (Å²) in [6, 6.07) is 6.97. The molecule has 0 saturated heterocycles. The maximum Gasteiger partial charge on any atom is 0.237 e. The minimum absolute atomic E-state index is 0.183. The fraction of sp³-hybridized carbons (Fsp3) is 0.263. The molecule has 1 aliphatic rings. The minimum Gasteiger partial charge on any atom is -0.323 e. The average Bonchev–Trinajstić information content (AvgIpc) is 3.45. The van der Waals surface area contributed by atoms with E-state index in [-0.39, 0.29) is 5.69 Å². The van der Waals surface area contributed by atoms with Crippen LogP contribution in [0.5, 0.6) is 0 Å². The van der Waals surface area contributed by atoms with Gasteiger partial charge >= 0.3 is 0 Å². The second-order valence-corrected chi connectivity index (χ2v) is 7.83. The highest BCUT2D eigenvalue weighted by molar-refractivity contribution is 8.00. The Labute approximate surface area is 164 Å². The third kappa shape index (κ3) is 3.89. The van der Waals surface area contributed by atoms with Crippen molar-refractivity contribution in [2.45, 2.75) is 36.2 Å². The molecule has 6 nitrogen and oxygen atoms in total. The summed E-state index contributed by atoms with van der Waals surface area (Å²) in [6.07, 6.45) is 5.46. The number of pyridine rings is 1. The van der Waals surface area contributed by atoms with Crippen LogP contribution < -0.4 is 5.32 Å². The molecular weight excluding hydrogens is 384 g/mol. The second-order valence-electron chi connectivity index (χ2n) is 6.52. The summed E-state index contributed by atoms with van der Waals surface area (Å²) in [5.74, 6) is -1.04. The number of thioether (sulfide) groups is 1. The topological polar surface area (TPSA) is 72.7 Å². The first-order valence-electron chi connectivity index (χ1n) is 8.81. The summed E-state index contributed by atoms with van der Waals surface area (Å²) in [4.78, 5) is 16.6. The molecule has 1 fully saturated rings. The fourth-order valence-corrected chi connectivity index (χ4v) is 3.67. The molecule has 1 amide bonds. The van der Waals surface area contributed by atoms with Crippen LogP contribution in [0.2, 0.25) is 0 Å². The number of halogens is 2. The molecule has 1 aliphatic carbocycles. The molecule has 28 heavy (non-hydrogen) atoms. The Bertz CT molecular complexity index is 1010. The van der Waals surface area contributed by atoms with Crippen LogP contribution in [0.25, 0.3) is 11.4 Å². The third-order valence-electron chi connectivity index (χ3n) is 4.33. The predicted octanol–water partition coefficient (Wildman–Crippen LogP) is 4.07. The van der Waals surface area contributed by atoms with E-state index < -0.39 is 22.8 Å². The maximum atomic E-state index is 13.8. The highest BCUT2D eigenvalue weighted by Gasteiger charge is 2.31. The van der Waals surface area contributed by atoms with Crippen LogP contribution >= 0.6 is 11.8 Å². The van der Waals surface area contributed by atoms with E-state index in [2.05, 4.69) is 20.5 Å². The van der Waals surface area contributed by atoms with E-state index in [9.17, 15) is 13.6 Å². The van der Waals surface area contributed by atoms with E-state index in [1.807, 2.05) is 16.7 Å². The van der Waals surface area contributed by atoms with Crippen molar-refractivity contribution >= 4 is 23.4 Å². The first kappa shape index (κ1) is 18.5. The van der Waals surface area contributed by atoms with Crippen molar-refractivity contribution < 1.29 is 13.6 Å². The van der Waals surface area contributed by atoms with E-state index in [0.29, 0.717) is 17.0 Å². The molecule has 3 aromatic rings. The van der Waals surface area contributed by atoms with Crippen LogP contribution in [0.4, 0.5) is 14.5 Å². The lowest BCUT2D eigenvalue weighted by Gasteiger charge is -2.13. The summed E-state index contributed by atoms with van der Waals surface area (Å²) in [6.45, 7) is 1.69. The normalized spacial score (nSPS) is 14.7. The number of nitrogens with one attached hydrogen (secondary N) is 1. The zero-order valence-electron chi connectivity index (χ0n) is 15.0. The van der Waals surface area contributed by atoms with Gasteiger partial charge in [-0.1, -0.05) is 11.8 Å². The van der Waals surface area contributed by atoms with Gasteiger partial charge in [-0.2, -0.15) is 0 Å². The van der Waals surface area contributed by atoms with Crippen molar-refractivity contribution in [1.82, 2.24) is 19.7 Å². The van der Waals surface area contributed by atoms with Gasteiger partial charge < -0.3 is 5.32 Å². The number of anilines is 1. The zero-order valence-corrected chi connectivity index (χ0v) is 15.8. The van der Waals surface area contributed by atoms with Crippen molar-refractivity contribution in [3.63, 3.8) is 0 Å². The van der Waals surface area contributed by atoms with Gasteiger partial charge in [0, 0.05) is 30.1 Å². The van der Waals surface area contributed by atoms with E-state index in [1.165, 1.54) is 11.8 Å². The molecule has 0 aliphatic heterocycles. The predicted molar refractivity (Wildman–Crippen MR) is 102 cm³/mol. The summed E-state index contributed by atoms with van der Waals surface area (Å²) in [5, 5.41) is 11.0. The standard InChI is InChI=1S/C19H17F2N5OS/c1-11(18(27)23-16-9-13(20)4-7-15(16)21)28-19-25-24-17(26(19)14-5-6-14)12-3-2-8-22-10-12/h2-4,7-11,14H,5-6H2,1H3,(H,23,27)/t11-/m0/s1. The Hall–Kier alpha value is -2.81. The lowest BCUT2D eigenvalue weighted by Crippen LogP contribution is -2.23. The molecule has 2 heterocycles. The molecule has 0 bridgehead atoms. The van der Waals surface area contributed by atoms with Crippen molar-refractivity contribution in [3.8, 4) is 11.4 Å². The Morgan fingerprint density at radius 2 is 2.11 bits per heavy atom. The number of nitrogens with zero attached hydrogens (tertiary/aromatic N) is 4. The van der Waals surface area contributed by atoms with Crippen molar-refractivity contribution in [1.29, 1.82) is 0 Å². The lowest BCUT2D eigenvalue weighted by molar-refractivity contribution is -0.115. The molecule has 0 radical (unpaired) electrons. The smallest absolute Gasteiger partial charge is 0.237 e. The van der Waals surface area contributed by atoms with Crippen LogP contribution in [0, 0.1) is 11.6 Å². The number of rotatable bonds is 6. The van der Waals surface area contributed by atoms with Gasteiger partial charge in [0.05, 0.1) is 10.9 Å². The largest absolute Gasteiger partial charge is 0.323 e. The van der Waals surface area contributed by atoms with Gasteiger partial charge in [0.1, 0.15) is 11.6 Å². The van der Waals surface area contributed by atoms with Crippen LogP contribution in [0.1, 0.15) is 25.8 Å².